The zero-order valence-electron chi connectivity index (χ0n) is 14.8. The highest BCUT2D eigenvalue weighted by molar-refractivity contribution is 6.07. The Balaban J connectivity index is 1.51. The highest BCUT2D eigenvalue weighted by Crippen LogP contribution is 2.39. The Morgan fingerprint density at radius 2 is 1.88 bits per heavy atom. The van der Waals surface area contributed by atoms with Crippen LogP contribution in [0.15, 0.2) is 48.5 Å². The summed E-state index contributed by atoms with van der Waals surface area (Å²) in [6.45, 7) is 2.49. The third-order valence-electron chi connectivity index (χ3n) is 5.32. The summed E-state index contributed by atoms with van der Waals surface area (Å²) in [7, 11) is 0. The quantitative estimate of drug-likeness (QED) is 0.862. The summed E-state index contributed by atoms with van der Waals surface area (Å²) in [5.74, 6) is 0.611. The number of benzene rings is 2. The van der Waals surface area contributed by atoms with E-state index in [1.54, 1.807) is 0 Å². The van der Waals surface area contributed by atoms with E-state index in [0.29, 0.717) is 6.42 Å². The number of hydrogen-bond acceptors (Lipinski definition) is 3. The molecule has 1 saturated heterocycles. The molecule has 1 spiro atoms. The van der Waals surface area contributed by atoms with Gasteiger partial charge in [-0.05, 0) is 48.9 Å². The molecule has 0 radical (unpaired) electrons. The predicted molar refractivity (Wildman–Crippen MR) is 98.0 cm³/mol. The van der Waals surface area contributed by atoms with Gasteiger partial charge in [0.1, 0.15) is 17.9 Å². The molecular weight excluding hydrogens is 328 g/mol. The molecule has 1 heterocycles. The molecule has 0 unspecified atom stereocenters. The molecule has 1 N–H and O–H groups in total. The van der Waals surface area contributed by atoms with E-state index in [1.807, 2.05) is 55.5 Å². The first-order valence-corrected chi connectivity index (χ1v) is 9.03. The average Bonchev–Trinajstić information content (AvgIpc) is 2.88. The van der Waals surface area contributed by atoms with Gasteiger partial charge in [0, 0.05) is 0 Å². The minimum atomic E-state index is -0.908. The van der Waals surface area contributed by atoms with Crippen LogP contribution in [0.1, 0.15) is 29.5 Å². The number of carbonyl (C=O) groups excluding carboxylic acids is 2. The Labute approximate surface area is 153 Å². The van der Waals surface area contributed by atoms with Crippen molar-refractivity contribution in [3.63, 3.8) is 0 Å². The van der Waals surface area contributed by atoms with E-state index in [-0.39, 0.29) is 25.1 Å². The van der Waals surface area contributed by atoms with Gasteiger partial charge < -0.3 is 10.1 Å². The zero-order valence-corrected chi connectivity index (χ0v) is 14.8. The number of imide groups is 1. The predicted octanol–water partition coefficient (Wildman–Crippen LogP) is 3.16. The molecule has 0 bridgehead atoms. The lowest BCUT2D eigenvalue weighted by Crippen LogP contribution is -2.46. The molecule has 5 nitrogen and oxygen atoms in total. The fraction of sp³-hybridized carbons (Fsp3) is 0.333. The summed E-state index contributed by atoms with van der Waals surface area (Å²) in [6.07, 6.45) is 2.47. The van der Waals surface area contributed by atoms with Gasteiger partial charge in [-0.2, -0.15) is 0 Å². The number of amides is 3. The average molecular weight is 350 g/mol. The number of hydrogen-bond donors (Lipinski definition) is 1. The number of para-hydroxylation sites is 1. The Hall–Kier alpha value is -2.82. The summed E-state index contributed by atoms with van der Waals surface area (Å²) < 4.78 is 5.77. The lowest BCUT2D eigenvalue weighted by molar-refractivity contribution is -0.132. The molecule has 0 saturated carbocycles. The van der Waals surface area contributed by atoms with Crippen LogP contribution in [0.2, 0.25) is 0 Å². The molecule has 1 fully saturated rings. The number of nitrogens with one attached hydrogen (secondary N) is 1. The number of nitrogens with zero attached hydrogens (tertiary/aromatic N) is 1. The van der Waals surface area contributed by atoms with Gasteiger partial charge in [-0.25, -0.2) is 4.79 Å². The van der Waals surface area contributed by atoms with Gasteiger partial charge in [0.05, 0.1) is 6.54 Å². The van der Waals surface area contributed by atoms with Crippen molar-refractivity contribution >= 4 is 11.9 Å². The van der Waals surface area contributed by atoms with Crippen LogP contribution in [0.25, 0.3) is 0 Å². The van der Waals surface area contributed by atoms with E-state index in [4.69, 9.17) is 4.74 Å². The van der Waals surface area contributed by atoms with Crippen molar-refractivity contribution in [2.75, 3.05) is 13.2 Å². The molecule has 5 heteroatoms. The summed E-state index contributed by atoms with van der Waals surface area (Å²) in [5.41, 5.74) is 2.20. The van der Waals surface area contributed by atoms with Crippen LogP contribution >= 0.6 is 0 Å². The van der Waals surface area contributed by atoms with E-state index >= 15 is 0 Å². The van der Waals surface area contributed by atoms with Crippen molar-refractivity contribution < 1.29 is 14.3 Å². The molecule has 1 atom stereocenters. The maximum atomic E-state index is 13.2. The maximum absolute atomic E-state index is 13.2. The second-order valence-corrected chi connectivity index (χ2v) is 6.92. The standard InChI is InChI=1S/C21H22N2O3/c1-15-7-2-5-11-18(15)26-14-13-23-19(24)21(22-20(23)25)12-6-9-16-8-3-4-10-17(16)21/h2-5,7-8,10-11H,6,9,12-14H2,1H3,(H,22,25)/t21-/m0/s1. The first kappa shape index (κ1) is 16.6. The molecule has 1 aliphatic heterocycles. The maximum Gasteiger partial charge on any atom is 0.325 e. The second kappa shape index (κ2) is 6.48. The molecule has 134 valence electrons. The van der Waals surface area contributed by atoms with Crippen LogP contribution < -0.4 is 10.1 Å². The van der Waals surface area contributed by atoms with Crippen LogP contribution in [-0.4, -0.2) is 30.0 Å². The fourth-order valence-electron chi connectivity index (χ4n) is 3.98. The Bertz CT molecular complexity index is 864. The number of aryl methyl sites for hydroxylation is 2. The molecule has 4 rings (SSSR count). The van der Waals surface area contributed by atoms with Crippen LogP contribution in [0.4, 0.5) is 4.79 Å². The first-order chi connectivity index (χ1) is 12.6. The minimum Gasteiger partial charge on any atom is -0.491 e. The fourth-order valence-corrected chi connectivity index (χ4v) is 3.98. The lowest BCUT2D eigenvalue weighted by Gasteiger charge is -2.33. The van der Waals surface area contributed by atoms with Gasteiger partial charge in [-0.15, -0.1) is 0 Å². The number of fused-ring (bicyclic) bond motifs is 2. The van der Waals surface area contributed by atoms with E-state index < -0.39 is 5.54 Å². The van der Waals surface area contributed by atoms with Crippen LogP contribution in [0.5, 0.6) is 5.75 Å². The Morgan fingerprint density at radius 3 is 2.73 bits per heavy atom. The topological polar surface area (TPSA) is 58.6 Å². The zero-order chi connectivity index (χ0) is 18.1. The molecule has 2 aromatic carbocycles. The summed E-state index contributed by atoms with van der Waals surface area (Å²) in [6, 6.07) is 15.3. The molecule has 26 heavy (non-hydrogen) atoms. The number of rotatable bonds is 4. The van der Waals surface area contributed by atoms with E-state index in [1.165, 1.54) is 4.90 Å². The molecule has 0 aromatic heterocycles. The summed E-state index contributed by atoms with van der Waals surface area (Å²) >= 11 is 0. The smallest absolute Gasteiger partial charge is 0.325 e. The van der Waals surface area contributed by atoms with Gasteiger partial charge in [0.15, 0.2) is 0 Å². The van der Waals surface area contributed by atoms with E-state index in [2.05, 4.69) is 5.32 Å². The first-order valence-electron chi connectivity index (χ1n) is 9.03. The largest absolute Gasteiger partial charge is 0.491 e. The second-order valence-electron chi connectivity index (χ2n) is 6.92. The monoisotopic (exact) mass is 350 g/mol. The third kappa shape index (κ3) is 2.64. The van der Waals surface area contributed by atoms with Crippen LogP contribution in [-0.2, 0) is 16.8 Å². The van der Waals surface area contributed by atoms with Crippen molar-refractivity contribution in [1.29, 1.82) is 0 Å². The normalized spacial score (nSPS) is 21.7. The number of ether oxygens (including phenoxy) is 1. The summed E-state index contributed by atoms with van der Waals surface area (Å²) in [4.78, 5) is 27.0. The Morgan fingerprint density at radius 1 is 1.12 bits per heavy atom. The molecule has 2 aliphatic rings. The molecule has 1 aliphatic carbocycles. The number of urea groups is 1. The van der Waals surface area contributed by atoms with Gasteiger partial charge in [0.25, 0.3) is 5.91 Å². The minimum absolute atomic E-state index is 0.164. The van der Waals surface area contributed by atoms with Gasteiger partial charge in [-0.1, -0.05) is 42.5 Å². The van der Waals surface area contributed by atoms with Crippen molar-refractivity contribution in [2.45, 2.75) is 31.7 Å². The van der Waals surface area contributed by atoms with Crippen molar-refractivity contribution in [3.05, 3.63) is 65.2 Å². The highest BCUT2D eigenvalue weighted by Gasteiger charge is 2.53. The Kier molecular flexibility index (Phi) is 4.15. The van der Waals surface area contributed by atoms with Gasteiger partial charge in [-0.3, -0.25) is 9.69 Å². The third-order valence-corrected chi connectivity index (χ3v) is 5.32. The van der Waals surface area contributed by atoms with Gasteiger partial charge >= 0.3 is 6.03 Å². The molecule has 3 amide bonds. The van der Waals surface area contributed by atoms with E-state index in [0.717, 1.165) is 35.3 Å². The van der Waals surface area contributed by atoms with Gasteiger partial charge in [0.2, 0.25) is 0 Å². The lowest BCUT2D eigenvalue weighted by atomic mass is 9.76. The molecular formula is C21H22N2O3. The highest BCUT2D eigenvalue weighted by atomic mass is 16.5. The number of carbonyl (C=O) groups is 2. The van der Waals surface area contributed by atoms with E-state index in [9.17, 15) is 9.59 Å². The SMILES string of the molecule is Cc1ccccc1OCCN1C(=O)N[C@]2(CCCc3ccccc32)C1=O. The molecule has 2 aromatic rings. The van der Waals surface area contributed by atoms with Crippen molar-refractivity contribution in [2.24, 2.45) is 0 Å². The van der Waals surface area contributed by atoms with Crippen molar-refractivity contribution in [1.82, 2.24) is 10.2 Å². The van der Waals surface area contributed by atoms with Crippen molar-refractivity contribution in [3.8, 4) is 5.75 Å². The summed E-state index contributed by atoms with van der Waals surface area (Å²) in [5, 5.41) is 2.97. The van der Waals surface area contributed by atoms with Crippen LogP contribution in [0.3, 0.4) is 0 Å². The van der Waals surface area contributed by atoms with Crippen LogP contribution in [0, 0.1) is 6.92 Å².